The molecule has 0 aromatic carbocycles. The molecule has 238 valence electrons. The quantitative estimate of drug-likeness (QED) is 0.277. The standard InChI is InChI=1S/C34H55NO7/c1-21(10-13-29(37)35-6)25-11-12-26-30-27(14-16-32(25,26)5)31(4)17-18-33(20-24(31)19-28(30)38-23(3)36)39-41-34(42-40-33)15-8-7-9-22(34)2/h21-22,24-28,30H,7-20H2,1-6H3,(H,35,37)/t21-,22?,24-,25-,26+,27+,28-,30+,31+,32-,33?,34?/m1/s1. The first-order valence-electron chi connectivity index (χ1n) is 17.1. The maximum absolute atomic E-state index is 12.5. The molecular formula is C34H55NO7. The number of carbonyl (C=O) groups is 2. The van der Waals surface area contributed by atoms with Crippen LogP contribution in [0.25, 0.3) is 0 Å². The molecule has 2 spiro atoms. The Bertz CT molecular complexity index is 1030. The van der Waals surface area contributed by atoms with Crippen molar-refractivity contribution in [3.05, 3.63) is 0 Å². The molecule has 1 amide bonds. The van der Waals surface area contributed by atoms with E-state index in [4.69, 9.17) is 24.3 Å². The van der Waals surface area contributed by atoms with Crippen LogP contribution in [-0.2, 0) is 33.9 Å². The smallest absolute Gasteiger partial charge is 0.302 e. The third-order valence-corrected chi connectivity index (χ3v) is 13.7. The van der Waals surface area contributed by atoms with Crippen molar-refractivity contribution in [3.8, 4) is 0 Å². The number of ether oxygens (including phenoxy) is 1. The topological polar surface area (TPSA) is 92.3 Å². The van der Waals surface area contributed by atoms with Gasteiger partial charge in [-0.05, 0) is 98.2 Å². The fourth-order valence-electron chi connectivity index (χ4n) is 11.1. The molecule has 8 heteroatoms. The second-order valence-electron chi connectivity index (χ2n) is 15.7. The molecule has 1 aliphatic heterocycles. The number of rotatable bonds is 5. The number of nitrogens with one attached hydrogen (secondary N) is 1. The lowest BCUT2D eigenvalue weighted by Crippen LogP contribution is -2.63. The molecule has 5 aliphatic carbocycles. The van der Waals surface area contributed by atoms with Crippen LogP contribution in [0.3, 0.4) is 0 Å². The van der Waals surface area contributed by atoms with Gasteiger partial charge >= 0.3 is 5.97 Å². The van der Waals surface area contributed by atoms with Crippen molar-refractivity contribution in [2.45, 2.75) is 142 Å². The van der Waals surface area contributed by atoms with Gasteiger partial charge in [-0.15, -0.1) is 0 Å². The van der Waals surface area contributed by atoms with Crippen molar-refractivity contribution in [1.29, 1.82) is 0 Å². The summed E-state index contributed by atoms with van der Waals surface area (Å²) in [6, 6.07) is 0. The minimum absolute atomic E-state index is 0.0968. The van der Waals surface area contributed by atoms with E-state index in [0.29, 0.717) is 42.4 Å². The zero-order chi connectivity index (χ0) is 29.9. The van der Waals surface area contributed by atoms with E-state index in [2.05, 4.69) is 33.0 Å². The third-order valence-electron chi connectivity index (χ3n) is 13.7. The van der Waals surface area contributed by atoms with Gasteiger partial charge in [0.15, 0.2) is 0 Å². The second-order valence-corrected chi connectivity index (χ2v) is 15.7. The Balaban J connectivity index is 1.20. The van der Waals surface area contributed by atoms with Crippen LogP contribution in [0.5, 0.6) is 0 Å². The van der Waals surface area contributed by atoms with Crippen molar-refractivity contribution in [2.24, 2.45) is 52.3 Å². The van der Waals surface area contributed by atoms with Crippen LogP contribution >= 0.6 is 0 Å². The summed E-state index contributed by atoms with van der Waals surface area (Å²) in [6.07, 6.45) is 13.5. The molecule has 6 rings (SSSR count). The second kappa shape index (κ2) is 11.3. The maximum Gasteiger partial charge on any atom is 0.302 e. The molecule has 1 saturated heterocycles. The summed E-state index contributed by atoms with van der Waals surface area (Å²) in [7, 11) is 1.72. The van der Waals surface area contributed by atoms with E-state index in [9.17, 15) is 9.59 Å². The van der Waals surface area contributed by atoms with Gasteiger partial charge in [-0.3, -0.25) is 9.59 Å². The zero-order valence-electron chi connectivity index (χ0n) is 26.9. The summed E-state index contributed by atoms with van der Waals surface area (Å²) < 4.78 is 6.24. The summed E-state index contributed by atoms with van der Waals surface area (Å²) in [6.45, 7) is 11.1. The van der Waals surface area contributed by atoms with Gasteiger partial charge in [-0.25, -0.2) is 0 Å². The van der Waals surface area contributed by atoms with Gasteiger partial charge in [-0.1, -0.05) is 34.1 Å². The number of hydrogen-bond acceptors (Lipinski definition) is 7. The average Bonchev–Trinajstić information content (AvgIpc) is 3.32. The lowest BCUT2D eigenvalue weighted by Gasteiger charge is -2.64. The van der Waals surface area contributed by atoms with Gasteiger partial charge in [0.05, 0.1) is 0 Å². The molecule has 1 unspecified atom stereocenters. The molecule has 1 heterocycles. The highest BCUT2D eigenvalue weighted by Crippen LogP contribution is 2.69. The highest BCUT2D eigenvalue weighted by Gasteiger charge is 2.66. The van der Waals surface area contributed by atoms with E-state index in [0.717, 1.165) is 51.4 Å². The highest BCUT2D eigenvalue weighted by atomic mass is 17.4. The predicted molar refractivity (Wildman–Crippen MR) is 156 cm³/mol. The largest absolute Gasteiger partial charge is 0.462 e. The van der Waals surface area contributed by atoms with Gasteiger partial charge < -0.3 is 10.1 Å². The van der Waals surface area contributed by atoms with E-state index in [1.807, 2.05) is 0 Å². The van der Waals surface area contributed by atoms with Gasteiger partial charge in [0.25, 0.3) is 0 Å². The monoisotopic (exact) mass is 589 g/mol. The number of carbonyl (C=O) groups excluding carboxylic acids is 2. The Morgan fingerprint density at radius 2 is 1.67 bits per heavy atom. The van der Waals surface area contributed by atoms with Crippen LogP contribution in [-0.4, -0.2) is 36.6 Å². The van der Waals surface area contributed by atoms with Crippen LogP contribution in [0, 0.1) is 52.3 Å². The molecule has 1 N–H and O–H groups in total. The van der Waals surface area contributed by atoms with E-state index in [-0.39, 0.29) is 40.6 Å². The Morgan fingerprint density at radius 3 is 2.36 bits per heavy atom. The first-order chi connectivity index (χ1) is 20.0. The Kier molecular flexibility index (Phi) is 8.28. The number of esters is 1. The van der Waals surface area contributed by atoms with Crippen LogP contribution in [0.15, 0.2) is 0 Å². The normalized spacial score (nSPS) is 49.0. The molecular weight excluding hydrogens is 534 g/mol. The Morgan fingerprint density at radius 1 is 0.929 bits per heavy atom. The Hall–Kier alpha value is -1.22. The van der Waals surface area contributed by atoms with Crippen LogP contribution in [0.1, 0.15) is 125 Å². The number of amides is 1. The molecule has 0 bridgehead atoms. The van der Waals surface area contributed by atoms with Crippen LogP contribution < -0.4 is 5.32 Å². The highest BCUT2D eigenvalue weighted by molar-refractivity contribution is 5.75. The number of fused-ring (bicyclic) bond motifs is 5. The first kappa shape index (κ1) is 30.8. The van der Waals surface area contributed by atoms with E-state index < -0.39 is 11.6 Å². The number of hydrogen-bond donors (Lipinski definition) is 1. The molecule has 5 saturated carbocycles. The fourth-order valence-corrected chi connectivity index (χ4v) is 11.1. The molecule has 6 aliphatic rings. The van der Waals surface area contributed by atoms with Crippen molar-refractivity contribution in [3.63, 3.8) is 0 Å². The SMILES string of the molecule is CNC(=O)CC[C@@H](C)[C@H]1CC[C@H]2[C@@H]3[C@H](OC(C)=O)C[C@@H]4CC5(CC[C@]4(C)[C@H]3CC[C@]12C)OOC1(CCCCC1C)OO5. The summed E-state index contributed by atoms with van der Waals surface area (Å²) in [4.78, 5) is 49.1. The maximum atomic E-state index is 12.5. The first-order valence-corrected chi connectivity index (χ1v) is 17.1. The molecule has 10 atom stereocenters. The lowest BCUT2D eigenvalue weighted by atomic mass is 9.43. The molecule has 42 heavy (non-hydrogen) atoms. The van der Waals surface area contributed by atoms with Gasteiger partial charge in [0.2, 0.25) is 17.5 Å². The molecule has 0 aromatic heterocycles. The molecule has 0 aromatic rings. The third kappa shape index (κ3) is 5.04. The van der Waals surface area contributed by atoms with Gasteiger partial charge in [-0.2, -0.15) is 19.6 Å². The van der Waals surface area contributed by atoms with Crippen molar-refractivity contribution >= 4 is 11.9 Å². The Labute approximate surface area is 252 Å². The summed E-state index contributed by atoms with van der Waals surface area (Å²) >= 11 is 0. The van der Waals surface area contributed by atoms with Crippen molar-refractivity contribution in [2.75, 3.05) is 7.05 Å². The summed E-state index contributed by atoms with van der Waals surface area (Å²) in [5.41, 5.74) is 0.333. The zero-order valence-corrected chi connectivity index (χ0v) is 26.9. The van der Waals surface area contributed by atoms with E-state index in [1.165, 1.54) is 25.7 Å². The minimum Gasteiger partial charge on any atom is -0.462 e. The lowest BCUT2D eigenvalue weighted by molar-refractivity contribution is -0.671. The molecule has 0 radical (unpaired) electrons. The van der Waals surface area contributed by atoms with Gasteiger partial charge in [0.1, 0.15) is 6.10 Å². The molecule has 6 fully saturated rings. The minimum atomic E-state index is -0.901. The predicted octanol–water partition coefficient (Wildman–Crippen LogP) is 6.86. The van der Waals surface area contributed by atoms with Crippen molar-refractivity contribution in [1.82, 2.24) is 5.32 Å². The summed E-state index contributed by atoms with van der Waals surface area (Å²) in [5, 5.41) is 2.79. The van der Waals surface area contributed by atoms with E-state index in [1.54, 1.807) is 14.0 Å². The van der Waals surface area contributed by atoms with Crippen LogP contribution in [0.2, 0.25) is 0 Å². The van der Waals surface area contributed by atoms with E-state index >= 15 is 0 Å². The van der Waals surface area contributed by atoms with Crippen molar-refractivity contribution < 1.29 is 33.9 Å². The molecule has 8 nitrogen and oxygen atoms in total. The average molecular weight is 590 g/mol. The van der Waals surface area contributed by atoms with Crippen LogP contribution in [0.4, 0.5) is 0 Å². The fraction of sp³-hybridized carbons (Fsp3) is 0.941. The van der Waals surface area contributed by atoms with Gasteiger partial charge in [0, 0.05) is 51.5 Å². The summed E-state index contributed by atoms with van der Waals surface area (Å²) in [5.74, 6) is 1.24.